The summed E-state index contributed by atoms with van der Waals surface area (Å²) in [5.74, 6) is 0.619. The lowest BCUT2D eigenvalue weighted by Crippen LogP contribution is -2.00. The van der Waals surface area contributed by atoms with Crippen molar-refractivity contribution in [2.45, 2.75) is 13.2 Å². The predicted octanol–water partition coefficient (Wildman–Crippen LogP) is 5.29. The van der Waals surface area contributed by atoms with Gasteiger partial charge < -0.3 is 14.3 Å². The van der Waals surface area contributed by atoms with Gasteiger partial charge in [-0.25, -0.2) is 0 Å². The molecule has 170 valence electrons. The first-order valence-corrected chi connectivity index (χ1v) is 9.87. The molecule has 0 heterocycles. The zero-order valence-corrected chi connectivity index (χ0v) is 18.1. The quantitative estimate of drug-likeness (QED) is 0.223. The van der Waals surface area contributed by atoms with Gasteiger partial charge >= 0.3 is 0 Å². The summed E-state index contributed by atoms with van der Waals surface area (Å²) in [6.45, 7) is 0.102. The maximum atomic E-state index is 10.9. The molecule has 3 aromatic carbocycles. The van der Waals surface area contributed by atoms with Crippen LogP contribution in [0.2, 0.25) is 5.02 Å². The van der Waals surface area contributed by atoms with Gasteiger partial charge in [0.25, 0.3) is 11.4 Å². The Labute approximate surface area is 193 Å². The Morgan fingerprint density at radius 3 is 2.12 bits per heavy atom. The Morgan fingerprint density at radius 1 is 0.939 bits per heavy atom. The van der Waals surface area contributed by atoms with Crippen LogP contribution in [-0.4, -0.2) is 23.2 Å². The van der Waals surface area contributed by atoms with Crippen molar-refractivity contribution < 1.29 is 24.2 Å². The fourth-order valence-corrected chi connectivity index (χ4v) is 3.11. The molecule has 0 N–H and O–H groups in total. The van der Waals surface area contributed by atoms with E-state index in [9.17, 15) is 20.2 Å². The summed E-state index contributed by atoms with van der Waals surface area (Å²) in [5, 5.41) is 25.9. The van der Waals surface area contributed by atoms with Crippen molar-refractivity contribution in [1.29, 1.82) is 0 Å². The second-order valence-corrected chi connectivity index (χ2v) is 7.09. The van der Waals surface area contributed by atoms with Crippen molar-refractivity contribution >= 4 is 29.2 Å². The minimum Gasteiger partial charge on any atom is -0.493 e. The summed E-state index contributed by atoms with van der Waals surface area (Å²) < 4.78 is 11.1. The lowest BCUT2D eigenvalue weighted by molar-refractivity contribution is -0.385. The van der Waals surface area contributed by atoms with E-state index < -0.39 is 9.85 Å². The first-order chi connectivity index (χ1) is 15.9. The van der Waals surface area contributed by atoms with E-state index in [-0.39, 0.29) is 35.4 Å². The summed E-state index contributed by atoms with van der Waals surface area (Å²) >= 11 is 6.34. The van der Waals surface area contributed by atoms with E-state index in [1.54, 1.807) is 36.4 Å². The van der Waals surface area contributed by atoms with Gasteiger partial charge in [0.1, 0.15) is 13.2 Å². The number of benzene rings is 3. The molecule has 0 radical (unpaired) electrons. The van der Waals surface area contributed by atoms with E-state index >= 15 is 0 Å². The second-order valence-electron chi connectivity index (χ2n) is 6.68. The number of nitrogens with zero attached hydrogens (tertiary/aromatic N) is 3. The lowest BCUT2D eigenvalue weighted by Gasteiger charge is -2.13. The molecule has 0 saturated heterocycles. The Bertz CT molecular complexity index is 1200. The SMILES string of the molecule is COc1cc(/C=N\OCc2cccc([N+](=O)[O-])c2)cc(Cl)c1OCc1cccc([N+](=O)[O-])c1. The Kier molecular flexibility index (Phi) is 7.77. The molecular formula is C22H18ClN3O7. The third-order valence-electron chi connectivity index (χ3n) is 4.39. The van der Waals surface area contributed by atoms with E-state index in [4.69, 9.17) is 25.9 Å². The van der Waals surface area contributed by atoms with Crippen molar-refractivity contribution in [1.82, 2.24) is 0 Å². The number of hydrogen-bond donors (Lipinski definition) is 0. The number of halogens is 1. The van der Waals surface area contributed by atoms with Gasteiger partial charge in [-0.15, -0.1) is 0 Å². The van der Waals surface area contributed by atoms with E-state index in [0.29, 0.717) is 22.4 Å². The predicted molar refractivity (Wildman–Crippen MR) is 121 cm³/mol. The van der Waals surface area contributed by atoms with Crippen molar-refractivity contribution in [3.63, 3.8) is 0 Å². The minimum atomic E-state index is -0.482. The van der Waals surface area contributed by atoms with Crippen LogP contribution in [0.3, 0.4) is 0 Å². The third kappa shape index (κ3) is 6.40. The normalized spacial score (nSPS) is 10.7. The summed E-state index contributed by atoms with van der Waals surface area (Å²) in [6, 6.07) is 15.4. The first kappa shape index (κ1) is 23.5. The summed E-state index contributed by atoms with van der Waals surface area (Å²) in [5.41, 5.74) is 1.70. The fraction of sp³-hybridized carbons (Fsp3) is 0.136. The lowest BCUT2D eigenvalue weighted by atomic mass is 10.2. The summed E-state index contributed by atoms with van der Waals surface area (Å²) in [6.07, 6.45) is 1.41. The highest BCUT2D eigenvalue weighted by Crippen LogP contribution is 2.36. The number of hydrogen-bond acceptors (Lipinski definition) is 8. The van der Waals surface area contributed by atoms with E-state index in [1.165, 1.54) is 37.6 Å². The zero-order valence-electron chi connectivity index (χ0n) is 17.3. The van der Waals surface area contributed by atoms with Gasteiger partial charge in [-0.1, -0.05) is 41.0 Å². The van der Waals surface area contributed by atoms with Crippen LogP contribution in [0.5, 0.6) is 11.5 Å². The number of nitro groups is 2. The molecule has 0 bridgehead atoms. The Balaban J connectivity index is 1.66. The molecule has 0 saturated carbocycles. The third-order valence-corrected chi connectivity index (χ3v) is 4.67. The van der Waals surface area contributed by atoms with Crippen LogP contribution in [0.15, 0.2) is 65.8 Å². The second kappa shape index (κ2) is 10.9. The van der Waals surface area contributed by atoms with Crippen molar-refractivity contribution in [2.24, 2.45) is 5.16 Å². The molecule has 3 rings (SSSR count). The van der Waals surface area contributed by atoms with Gasteiger partial charge in [0.2, 0.25) is 0 Å². The number of methoxy groups -OCH3 is 1. The molecular weight excluding hydrogens is 454 g/mol. The molecule has 0 aliphatic carbocycles. The number of rotatable bonds is 10. The number of non-ortho nitro benzene ring substituents is 2. The highest BCUT2D eigenvalue weighted by Gasteiger charge is 2.13. The smallest absolute Gasteiger partial charge is 0.269 e. The van der Waals surface area contributed by atoms with Crippen LogP contribution in [-0.2, 0) is 18.1 Å². The van der Waals surface area contributed by atoms with E-state index in [2.05, 4.69) is 5.16 Å². The largest absolute Gasteiger partial charge is 0.493 e. The number of oxime groups is 1. The first-order valence-electron chi connectivity index (χ1n) is 9.49. The summed E-state index contributed by atoms with van der Waals surface area (Å²) in [7, 11) is 1.45. The molecule has 10 nitrogen and oxygen atoms in total. The van der Waals surface area contributed by atoms with Crippen molar-refractivity contribution in [2.75, 3.05) is 7.11 Å². The molecule has 0 fully saturated rings. The molecule has 0 aliphatic heterocycles. The van der Waals surface area contributed by atoms with Crippen LogP contribution in [0.25, 0.3) is 0 Å². The van der Waals surface area contributed by atoms with E-state index in [0.717, 1.165) is 0 Å². The standard InChI is InChI=1S/C22H18ClN3O7/c1-31-21-11-17(12-24-33-14-16-5-3-7-19(9-16)26(29)30)10-20(23)22(21)32-13-15-4-2-6-18(8-15)25(27)28/h2-12H,13-14H2,1H3/b24-12-. The van der Waals surface area contributed by atoms with Gasteiger partial charge in [0.15, 0.2) is 11.5 Å². The van der Waals surface area contributed by atoms with Crippen LogP contribution >= 0.6 is 11.6 Å². The molecule has 0 aliphatic rings. The molecule has 33 heavy (non-hydrogen) atoms. The number of nitro benzene ring substituents is 2. The van der Waals surface area contributed by atoms with Gasteiger partial charge in [0.05, 0.1) is 28.2 Å². The van der Waals surface area contributed by atoms with Gasteiger partial charge in [0, 0.05) is 29.8 Å². The highest BCUT2D eigenvalue weighted by molar-refractivity contribution is 6.32. The maximum Gasteiger partial charge on any atom is 0.269 e. The maximum absolute atomic E-state index is 10.9. The average molecular weight is 472 g/mol. The molecule has 0 unspecified atom stereocenters. The summed E-state index contributed by atoms with van der Waals surface area (Å²) in [4.78, 5) is 26.0. The molecule has 0 spiro atoms. The van der Waals surface area contributed by atoms with Gasteiger partial charge in [-0.05, 0) is 23.3 Å². The Morgan fingerprint density at radius 2 is 1.55 bits per heavy atom. The van der Waals surface area contributed by atoms with E-state index in [1.807, 2.05) is 0 Å². The highest BCUT2D eigenvalue weighted by atomic mass is 35.5. The molecule has 0 amide bonds. The number of ether oxygens (including phenoxy) is 2. The monoisotopic (exact) mass is 471 g/mol. The van der Waals surface area contributed by atoms with Gasteiger partial charge in [-0.2, -0.15) is 0 Å². The molecule has 0 aromatic heterocycles. The zero-order chi connectivity index (χ0) is 23.8. The fourth-order valence-electron chi connectivity index (χ4n) is 2.84. The van der Waals surface area contributed by atoms with Crippen LogP contribution in [0.1, 0.15) is 16.7 Å². The Hall–Kier alpha value is -4.18. The van der Waals surface area contributed by atoms with Crippen molar-refractivity contribution in [3.05, 3.63) is 103 Å². The van der Waals surface area contributed by atoms with Gasteiger partial charge in [-0.3, -0.25) is 20.2 Å². The topological polar surface area (TPSA) is 126 Å². The van der Waals surface area contributed by atoms with Crippen molar-refractivity contribution in [3.8, 4) is 11.5 Å². The minimum absolute atomic E-state index is 0.0303. The molecule has 3 aromatic rings. The average Bonchev–Trinajstić information content (AvgIpc) is 2.81. The molecule has 0 atom stereocenters. The van der Waals surface area contributed by atoms with Crippen LogP contribution in [0.4, 0.5) is 11.4 Å². The molecule has 11 heteroatoms. The van der Waals surface area contributed by atoms with Crippen LogP contribution in [0, 0.1) is 20.2 Å². The van der Waals surface area contributed by atoms with Crippen LogP contribution < -0.4 is 9.47 Å².